The van der Waals surface area contributed by atoms with Gasteiger partial charge in [0.25, 0.3) is 0 Å². The fourth-order valence-electron chi connectivity index (χ4n) is 6.29. The topological polar surface area (TPSA) is 159 Å². The molecular weight excluding hydrogens is 462 g/mol. The minimum absolute atomic E-state index is 0.0172. The number of nitrogens with zero attached hydrogens (tertiary/aromatic N) is 1. The van der Waals surface area contributed by atoms with Gasteiger partial charge >= 0.3 is 0 Å². The highest BCUT2D eigenvalue weighted by Gasteiger charge is 2.56. The molecule has 1 amide bonds. The molecule has 5 atom stereocenters. The molecule has 2 fully saturated rings. The highest BCUT2D eigenvalue weighted by Crippen LogP contribution is 2.50. The molecule has 0 spiro atoms. The van der Waals surface area contributed by atoms with Crippen LogP contribution in [-0.2, 0) is 20.8 Å². The maximum atomic E-state index is 13.8. The lowest BCUT2D eigenvalue weighted by molar-refractivity contribution is -0.135. The lowest BCUT2D eigenvalue weighted by Crippen LogP contribution is -2.56. The second kappa shape index (κ2) is 8.64. The summed E-state index contributed by atoms with van der Waals surface area (Å²) in [5.41, 5.74) is 5.91. The van der Waals surface area contributed by atoms with Crippen LogP contribution in [0.25, 0.3) is 0 Å². The Balaban J connectivity index is 1.81. The zero-order valence-electron chi connectivity index (χ0n) is 21.3. The number of amides is 1. The SMILES string of the molecule is CN(C)c1cc(C(=O)CC(C)(C)C)c(O)c2c1CC1CC3CC(=O)C(C(N)=O)C(=N)C3C(=O)C1C2=O. The molecule has 9 heteroatoms. The van der Waals surface area contributed by atoms with Gasteiger partial charge in [0.1, 0.15) is 11.7 Å². The molecule has 1 aromatic carbocycles. The summed E-state index contributed by atoms with van der Waals surface area (Å²) >= 11 is 0. The van der Waals surface area contributed by atoms with Crippen molar-refractivity contribution >= 4 is 40.4 Å². The molecule has 5 unspecified atom stereocenters. The van der Waals surface area contributed by atoms with Crippen molar-refractivity contribution in [2.45, 2.75) is 46.5 Å². The molecule has 36 heavy (non-hydrogen) atoms. The van der Waals surface area contributed by atoms with E-state index in [4.69, 9.17) is 11.1 Å². The Kier molecular flexibility index (Phi) is 6.17. The summed E-state index contributed by atoms with van der Waals surface area (Å²) in [6, 6.07) is 1.61. The summed E-state index contributed by atoms with van der Waals surface area (Å²) in [4.78, 5) is 66.7. The Labute approximate surface area is 209 Å². The number of phenols is 1. The van der Waals surface area contributed by atoms with Crippen molar-refractivity contribution in [3.63, 3.8) is 0 Å². The van der Waals surface area contributed by atoms with Crippen LogP contribution in [0.1, 0.15) is 66.3 Å². The molecule has 1 aromatic rings. The third-order valence-corrected chi connectivity index (χ3v) is 7.73. The first kappa shape index (κ1) is 25.7. The maximum Gasteiger partial charge on any atom is 0.233 e. The predicted molar refractivity (Wildman–Crippen MR) is 132 cm³/mol. The van der Waals surface area contributed by atoms with Gasteiger partial charge in [0.05, 0.1) is 23.0 Å². The van der Waals surface area contributed by atoms with Gasteiger partial charge in [-0.1, -0.05) is 20.8 Å². The minimum atomic E-state index is -1.45. The number of nitrogens with one attached hydrogen (secondary N) is 1. The van der Waals surface area contributed by atoms with Crippen molar-refractivity contribution in [3.05, 3.63) is 22.8 Å². The van der Waals surface area contributed by atoms with Crippen LogP contribution in [0.15, 0.2) is 6.07 Å². The standard InChI is InChI=1S/C27H33N3O6/c1-27(2,3)10-17(32)14-9-15(30(4)5)13-7-11-6-12-8-16(31)21(26(29)36)22(28)18(12)24(34)19(11)25(35)20(13)23(14)33/h9,11-12,18-19,21,28,33H,6-8,10H2,1-5H3,(H2,29,36). The zero-order valence-corrected chi connectivity index (χ0v) is 21.3. The number of nitrogens with two attached hydrogens (primary N) is 1. The number of ketones is 4. The van der Waals surface area contributed by atoms with Crippen molar-refractivity contribution in [3.8, 4) is 5.75 Å². The van der Waals surface area contributed by atoms with Crippen LogP contribution in [-0.4, -0.2) is 54.0 Å². The molecule has 4 rings (SSSR count). The third kappa shape index (κ3) is 4.04. The molecule has 0 radical (unpaired) electrons. The van der Waals surface area contributed by atoms with Gasteiger partial charge in [0, 0.05) is 38.3 Å². The van der Waals surface area contributed by atoms with Gasteiger partial charge in [-0.25, -0.2) is 0 Å². The first-order chi connectivity index (χ1) is 16.6. The quantitative estimate of drug-likeness (QED) is 0.427. The molecule has 192 valence electrons. The molecule has 2 saturated carbocycles. The number of aromatic hydroxyl groups is 1. The van der Waals surface area contributed by atoms with Crippen molar-refractivity contribution < 1.29 is 29.1 Å². The van der Waals surface area contributed by atoms with Crippen LogP contribution in [0.3, 0.4) is 0 Å². The Morgan fingerprint density at radius 2 is 1.72 bits per heavy atom. The lowest BCUT2D eigenvalue weighted by atomic mass is 9.55. The van der Waals surface area contributed by atoms with Gasteiger partial charge in [-0.2, -0.15) is 0 Å². The molecule has 0 heterocycles. The molecular formula is C27H33N3O6. The van der Waals surface area contributed by atoms with Gasteiger partial charge in [0.15, 0.2) is 23.1 Å². The number of Topliss-reactive ketones (excluding diaryl/α,β-unsaturated/α-hetero) is 4. The zero-order chi connectivity index (χ0) is 26.9. The summed E-state index contributed by atoms with van der Waals surface area (Å²) in [5, 5.41) is 19.6. The molecule has 0 aromatic heterocycles. The minimum Gasteiger partial charge on any atom is -0.506 e. The van der Waals surface area contributed by atoms with E-state index in [0.29, 0.717) is 24.1 Å². The first-order valence-electron chi connectivity index (χ1n) is 12.2. The van der Waals surface area contributed by atoms with Crippen LogP contribution in [0, 0.1) is 40.4 Å². The van der Waals surface area contributed by atoms with E-state index in [-0.39, 0.29) is 40.9 Å². The Morgan fingerprint density at radius 3 is 2.28 bits per heavy atom. The predicted octanol–water partition coefficient (Wildman–Crippen LogP) is 2.35. The van der Waals surface area contributed by atoms with E-state index in [1.54, 1.807) is 25.1 Å². The molecule has 3 aliphatic rings. The van der Waals surface area contributed by atoms with E-state index in [2.05, 4.69) is 0 Å². The van der Waals surface area contributed by atoms with Crippen LogP contribution in [0.2, 0.25) is 0 Å². The van der Waals surface area contributed by atoms with E-state index < -0.39 is 58.6 Å². The fourth-order valence-corrected chi connectivity index (χ4v) is 6.29. The van der Waals surface area contributed by atoms with Gasteiger partial charge in [-0.05, 0) is 41.7 Å². The van der Waals surface area contributed by atoms with Crippen molar-refractivity contribution in [1.29, 1.82) is 5.41 Å². The maximum absolute atomic E-state index is 13.8. The number of carbonyl (C=O) groups excluding carboxylic acids is 5. The summed E-state index contributed by atoms with van der Waals surface area (Å²) in [6.07, 6.45) is 0.804. The normalized spacial score (nSPS) is 27.8. The highest BCUT2D eigenvalue weighted by atomic mass is 16.3. The van der Waals surface area contributed by atoms with Crippen LogP contribution >= 0.6 is 0 Å². The second-order valence-corrected chi connectivity index (χ2v) is 11.8. The molecule has 4 N–H and O–H groups in total. The van der Waals surface area contributed by atoms with Gasteiger partial charge in [-0.3, -0.25) is 24.0 Å². The summed E-state index contributed by atoms with van der Waals surface area (Å²) in [7, 11) is 3.57. The molecule has 9 nitrogen and oxygen atoms in total. The van der Waals surface area contributed by atoms with Crippen LogP contribution in [0.4, 0.5) is 5.69 Å². The average molecular weight is 496 g/mol. The highest BCUT2D eigenvalue weighted by molar-refractivity contribution is 6.28. The molecule has 3 aliphatic carbocycles. The van der Waals surface area contributed by atoms with Crippen LogP contribution in [0.5, 0.6) is 5.75 Å². The molecule has 0 bridgehead atoms. The lowest BCUT2D eigenvalue weighted by Gasteiger charge is -2.45. The number of rotatable bonds is 4. The van der Waals surface area contributed by atoms with Crippen molar-refractivity contribution in [1.82, 2.24) is 0 Å². The van der Waals surface area contributed by atoms with Gasteiger partial charge < -0.3 is 21.1 Å². The van der Waals surface area contributed by atoms with Crippen LogP contribution < -0.4 is 10.6 Å². The summed E-state index contributed by atoms with van der Waals surface area (Å²) < 4.78 is 0. The summed E-state index contributed by atoms with van der Waals surface area (Å²) in [6.45, 7) is 5.72. The number of fused-ring (bicyclic) bond motifs is 3. The third-order valence-electron chi connectivity index (χ3n) is 7.73. The fraction of sp³-hybridized carbons (Fsp3) is 0.556. The van der Waals surface area contributed by atoms with E-state index in [9.17, 15) is 29.1 Å². The smallest absolute Gasteiger partial charge is 0.233 e. The average Bonchev–Trinajstić information content (AvgIpc) is 2.71. The monoisotopic (exact) mass is 495 g/mol. The Bertz CT molecular complexity index is 1220. The van der Waals surface area contributed by atoms with E-state index in [0.717, 1.165) is 0 Å². The first-order valence-corrected chi connectivity index (χ1v) is 12.2. The van der Waals surface area contributed by atoms with E-state index in [1.807, 2.05) is 20.8 Å². The Hall–Kier alpha value is -3.36. The second-order valence-electron chi connectivity index (χ2n) is 11.8. The summed E-state index contributed by atoms with van der Waals surface area (Å²) in [5.74, 6) is -7.68. The number of anilines is 1. The number of carbonyl (C=O) groups is 5. The molecule has 0 aliphatic heterocycles. The Morgan fingerprint density at radius 1 is 1.11 bits per heavy atom. The van der Waals surface area contributed by atoms with Gasteiger partial charge in [0.2, 0.25) is 5.91 Å². The number of phenolic OH excluding ortho intramolecular Hbond substituents is 1. The number of primary amides is 1. The largest absolute Gasteiger partial charge is 0.506 e. The number of hydrogen-bond acceptors (Lipinski definition) is 8. The number of hydrogen-bond donors (Lipinski definition) is 3. The van der Waals surface area contributed by atoms with Gasteiger partial charge in [-0.15, -0.1) is 0 Å². The number of benzene rings is 1. The van der Waals surface area contributed by atoms with E-state index in [1.165, 1.54) is 0 Å². The van der Waals surface area contributed by atoms with Crippen molar-refractivity contribution in [2.24, 2.45) is 40.7 Å². The van der Waals surface area contributed by atoms with Crippen molar-refractivity contribution in [2.75, 3.05) is 19.0 Å². The molecule has 0 saturated heterocycles. The van der Waals surface area contributed by atoms with E-state index >= 15 is 0 Å².